The summed E-state index contributed by atoms with van der Waals surface area (Å²) in [5.41, 5.74) is 5.49. The number of aryl methyl sites for hydroxylation is 1. The van der Waals surface area contributed by atoms with Crippen molar-refractivity contribution in [1.29, 1.82) is 10.5 Å². The Morgan fingerprint density at radius 3 is 2.64 bits per heavy atom. The summed E-state index contributed by atoms with van der Waals surface area (Å²) in [4.78, 5) is 14.3. The number of para-hydroxylation sites is 1. The molecule has 1 aliphatic carbocycles. The number of nitrogens with zero attached hydrogens (tertiary/aromatic N) is 3. The van der Waals surface area contributed by atoms with Gasteiger partial charge in [0.25, 0.3) is 5.91 Å². The average Bonchev–Trinajstić information content (AvgIpc) is 3.37. The van der Waals surface area contributed by atoms with Gasteiger partial charge >= 0.3 is 0 Å². The van der Waals surface area contributed by atoms with Gasteiger partial charge in [0, 0.05) is 38.6 Å². The van der Waals surface area contributed by atoms with Crippen LogP contribution in [0.3, 0.4) is 0 Å². The zero-order valence-electron chi connectivity index (χ0n) is 19.8. The number of benzene rings is 2. The van der Waals surface area contributed by atoms with Crippen molar-refractivity contribution in [3.05, 3.63) is 92.0 Å². The molecule has 0 aliphatic heterocycles. The van der Waals surface area contributed by atoms with Crippen LogP contribution in [-0.2, 0) is 24.2 Å². The van der Waals surface area contributed by atoms with E-state index in [1.165, 1.54) is 11.3 Å². The van der Waals surface area contributed by atoms with Crippen LogP contribution in [0.2, 0.25) is 5.02 Å². The van der Waals surface area contributed by atoms with Crippen LogP contribution in [0.5, 0.6) is 0 Å². The summed E-state index contributed by atoms with van der Waals surface area (Å²) < 4.78 is 2.18. The quantitative estimate of drug-likeness (QED) is 0.231. The molecule has 0 atom stereocenters. The first-order chi connectivity index (χ1) is 17.5. The second-order valence-electron chi connectivity index (χ2n) is 8.88. The highest BCUT2D eigenvalue weighted by Gasteiger charge is 2.23. The lowest BCUT2D eigenvalue weighted by Crippen LogP contribution is -2.13. The Balaban J connectivity index is 1.51. The van der Waals surface area contributed by atoms with Crippen molar-refractivity contribution in [2.45, 2.75) is 39.2 Å². The number of aromatic nitrogens is 1. The van der Waals surface area contributed by atoms with E-state index in [1.54, 1.807) is 6.08 Å². The molecular weight excluding hydrogens is 488 g/mol. The maximum Gasteiger partial charge on any atom is 0.266 e. The predicted molar refractivity (Wildman–Crippen MR) is 145 cm³/mol. The van der Waals surface area contributed by atoms with E-state index in [0.29, 0.717) is 22.1 Å². The Bertz CT molecular complexity index is 1600. The van der Waals surface area contributed by atoms with Gasteiger partial charge in [0.2, 0.25) is 0 Å². The van der Waals surface area contributed by atoms with Crippen LogP contribution in [0, 0.1) is 29.6 Å². The van der Waals surface area contributed by atoms with E-state index in [-0.39, 0.29) is 5.57 Å². The lowest BCUT2D eigenvalue weighted by Gasteiger charge is -2.09. The van der Waals surface area contributed by atoms with E-state index >= 15 is 0 Å². The maximum absolute atomic E-state index is 13.2. The van der Waals surface area contributed by atoms with Crippen LogP contribution in [-0.4, -0.2) is 10.5 Å². The molecule has 36 heavy (non-hydrogen) atoms. The van der Waals surface area contributed by atoms with E-state index in [9.17, 15) is 15.3 Å². The minimum Gasteiger partial charge on any atom is -0.340 e. The second kappa shape index (κ2) is 10.0. The average molecular weight is 511 g/mol. The summed E-state index contributed by atoms with van der Waals surface area (Å²) in [6, 6.07) is 20.0. The molecule has 2 aromatic heterocycles. The number of amides is 1. The van der Waals surface area contributed by atoms with Gasteiger partial charge in [-0.25, -0.2) is 0 Å². The van der Waals surface area contributed by atoms with Crippen molar-refractivity contribution in [3.63, 3.8) is 0 Å². The van der Waals surface area contributed by atoms with Gasteiger partial charge in [-0.2, -0.15) is 10.5 Å². The number of anilines is 1. The molecule has 7 heteroatoms. The Hall–Kier alpha value is -3.84. The highest BCUT2D eigenvalue weighted by atomic mass is 35.5. The van der Waals surface area contributed by atoms with Crippen LogP contribution in [0.15, 0.2) is 54.1 Å². The van der Waals surface area contributed by atoms with Gasteiger partial charge in [0.1, 0.15) is 22.7 Å². The molecular formula is C29H23ClN4OS. The van der Waals surface area contributed by atoms with E-state index in [2.05, 4.69) is 22.0 Å². The molecule has 4 aromatic rings. The van der Waals surface area contributed by atoms with Crippen LogP contribution in [0.25, 0.3) is 17.0 Å². The van der Waals surface area contributed by atoms with Gasteiger partial charge in [0.05, 0.1) is 5.56 Å². The molecule has 2 aromatic carbocycles. The summed E-state index contributed by atoms with van der Waals surface area (Å²) >= 11 is 7.51. The first-order valence-electron chi connectivity index (χ1n) is 11.8. The normalized spacial score (nSPS) is 13.2. The summed E-state index contributed by atoms with van der Waals surface area (Å²) in [6.07, 6.45) is 5.59. The minimum absolute atomic E-state index is 0.00255. The standard InChI is InChI=1S/C29H23ClN4OS/c1-18-24(22-6-2-4-8-26(22)34(18)17-19-10-12-21(30)13-11-19)14-20(15-31)28(35)33-29-25(16-32)23-7-3-5-9-27(23)36-29/h2,4,6,8,10-14H,3,5,7,9,17H2,1H3,(H,33,35)/b20-14+. The van der Waals surface area contributed by atoms with Crippen molar-refractivity contribution in [3.8, 4) is 12.1 Å². The SMILES string of the molecule is Cc1c(/C=C(\C#N)C(=O)Nc2sc3c(c2C#N)CCCC3)c2ccccc2n1Cc1ccc(Cl)cc1. The predicted octanol–water partition coefficient (Wildman–Crippen LogP) is 7.01. The van der Waals surface area contributed by atoms with Crippen LogP contribution >= 0.6 is 22.9 Å². The van der Waals surface area contributed by atoms with Crippen molar-refractivity contribution in [2.24, 2.45) is 0 Å². The molecule has 0 spiro atoms. The highest BCUT2D eigenvalue weighted by molar-refractivity contribution is 7.16. The van der Waals surface area contributed by atoms with Gasteiger partial charge < -0.3 is 9.88 Å². The highest BCUT2D eigenvalue weighted by Crippen LogP contribution is 2.38. The number of hydrogen-bond donors (Lipinski definition) is 1. The molecule has 0 unspecified atom stereocenters. The van der Waals surface area contributed by atoms with Crippen LogP contribution in [0.4, 0.5) is 5.00 Å². The third kappa shape index (κ3) is 4.42. The summed E-state index contributed by atoms with van der Waals surface area (Å²) in [7, 11) is 0. The number of nitriles is 2. The lowest BCUT2D eigenvalue weighted by molar-refractivity contribution is -0.112. The number of carbonyl (C=O) groups excluding carboxylic acids is 1. The Morgan fingerprint density at radius 1 is 1.14 bits per heavy atom. The molecule has 1 N–H and O–H groups in total. The monoisotopic (exact) mass is 510 g/mol. The Morgan fingerprint density at radius 2 is 1.89 bits per heavy atom. The summed E-state index contributed by atoms with van der Waals surface area (Å²) in [6.45, 7) is 2.63. The van der Waals surface area contributed by atoms with Crippen LogP contribution in [0.1, 0.15) is 45.7 Å². The maximum atomic E-state index is 13.2. The van der Waals surface area contributed by atoms with E-state index in [1.807, 2.05) is 55.5 Å². The zero-order chi connectivity index (χ0) is 25.2. The number of rotatable bonds is 5. The van der Waals surface area contributed by atoms with Crippen LogP contribution < -0.4 is 5.32 Å². The first-order valence-corrected chi connectivity index (χ1v) is 13.0. The van der Waals surface area contributed by atoms with Gasteiger partial charge in [-0.1, -0.05) is 41.9 Å². The molecule has 0 radical (unpaired) electrons. The molecule has 0 saturated heterocycles. The van der Waals surface area contributed by atoms with Gasteiger partial charge in [0.15, 0.2) is 0 Å². The number of thiophene rings is 1. The summed E-state index contributed by atoms with van der Waals surface area (Å²) in [5, 5.41) is 24.7. The molecule has 178 valence electrons. The smallest absolute Gasteiger partial charge is 0.266 e. The molecule has 0 bridgehead atoms. The van der Waals surface area contributed by atoms with Crippen molar-refractivity contribution in [1.82, 2.24) is 4.57 Å². The molecule has 1 aliphatic rings. The van der Waals surface area contributed by atoms with Crippen molar-refractivity contribution in [2.75, 3.05) is 5.32 Å². The summed E-state index contributed by atoms with van der Waals surface area (Å²) in [5.74, 6) is -0.499. The topological polar surface area (TPSA) is 81.6 Å². The van der Waals surface area contributed by atoms with Gasteiger partial charge in [-0.05, 0) is 68.0 Å². The molecule has 0 fully saturated rings. The minimum atomic E-state index is -0.499. The fourth-order valence-corrected chi connectivity index (χ4v) is 6.21. The number of nitrogens with one attached hydrogen (secondary N) is 1. The molecule has 5 nitrogen and oxygen atoms in total. The number of hydrogen-bond acceptors (Lipinski definition) is 4. The van der Waals surface area contributed by atoms with E-state index in [0.717, 1.165) is 63.8 Å². The zero-order valence-corrected chi connectivity index (χ0v) is 21.3. The third-order valence-electron chi connectivity index (χ3n) is 6.70. The lowest BCUT2D eigenvalue weighted by atomic mass is 9.96. The fourth-order valence-electron chi connectivity index (χ4n) is 4.85. The largest absolute Gasteiger partial charge is 0.340 e. The number of fused-ring (bicyclic) bond motifs is 2. The number of halogens is 1. The van der Waals surface area contributed by atoms with Gasteiger partial charge in [-0.15, -0.1) is 11.3 Å². The van der Waals surface area contributed by atoms with Crippen molar-refractivity contribution < 1.29 is 4.79 Å². The Kier molecular flexibility index (Phi) is 6.65. The van der Waals surface area contributed by atoms with Gasteiger partial charge in [-0.3, -0.25) is 4.79 Å². The number of carbonyl (C=O) groups is 1. The first kappa shape index (κ1) is 23.9. The van der Waals surface area contributed by atoms with E-state index < -0.39 is 5.91 Å². The Labute approximate surface area is 218 Å². The molecule has 1 amide bonds. The molecule has 5 rings (SSSR count). The fraction of sp³-hybridized carbons (Fsp3) is 0.207. The third-order valence-corrected chi connectivity index (χ3v) is 8.16. The molecule has 0 saturated carbocycles. The van der Waals surface area contributed by atoms with Crippen molar-refractivity contribution >= 4 is 50.8 Å². The molecule has 2 heterocycles. The van der Waals surface area contributed by atoms with E-state index in [4.69, 9.17) is 11.6 Å². The second-order valence-corrected chi connectivity index (χ2v) is 10.4.